The van der Waals surface area contributed by atoms with Gasteiger partial charge in [-0.05, 0) is 30.3 Å². The van der Waals surface area contributed by atoms with Crippen LogP contribution in [0.3, 0.4) is 0 Å². The van der Waals surface area contributed by atoms with Gasteiger partial charge in [0.25, 0.3) is 6.01 Å². The summed E-state index contributed by atoms with van der Waals surface area (Å²) >= 11 is 12.1. The number of piperazine rings is 1. The first kappa shape index (κ1) is 17.6. The molecule has 6 nitrogen and oxygen atoms in total. The highest BCUT2D eigenvalue weighted by molar-refractivity contribution is 7.91. The van der Waals surface area contributed by atoms with Gasteiger partial charge in [0.05, 0.1) is 9.92 Å². The second-order valence-corrected chi connectivity index (χ2v) is 8.65. The summed E-state index contributed by atoms with van der Waals surface area (Å²) < 4.78 is 32.2. The van der Waals surface area contributed by atoms with Crippen LogP contribution >= 0.6 is 23.2 Å². The van der Waals surface area contributed by atoms with Gasteiger partial charge in [-0.25, -0.2) is 8.42 Å². The van der Waals surface area contributed by atoms with Crippen LogP contribution in [-0.4, -0.2) is 39.6 Å². The van der Waals surface area contributed by atoms with Gasteiger partial charge >= 0.3 is 0 Å². The Kier molecular flexibility index (Phi) is 4.56. The zero-order chi connectivity index (χ0) is 18.3. The summed E-state index contributed by atoms with van der Waals surface area (Å²) in [6.45, 7) is 3.13. The van der Waals surface area contributed by atoms with E-state index in [4.69, 9.17) is 27.6 Å². The van der Waals surface area contributed by atoms with E-state index in [1.165, 1.54) is 18.2 Å². The maximum Gasteiger partial charge on any atom is 0.298 e. The molecule has 0 bridgehead atoms. The van der Waals surface area contributed by atoms with Gasteiger partial charge in [-0.15, -0.1) is 0 Å². The Hall–Kier alpha value is -1.80. The van der Waals surface area contributed by atoms with Crippen molar-refractivity contribution in [3.63, 3.8) is 0 Å². The van der Waals surface area contributed by atoms with Gasteiger partial charge in [-0.1, -0.05) is 29.3 Å². The van der Waals surface area contributed by atoms with Crippen LogP contribution in [0.25, 0.3) is 11.1 Å². The molecule has 1 N–H and O–H groups in total. The van der Waals surface area contributed by atoms with Crippen LogP contribution in [0, 0.1) is 0 Å². The fourth-order valence-corrected chi connectivity index (χ4v) is 5.07. The molecule has 26 heavy (non-hydrogen) atoms. The van der Waals surface area contributed by atoms with Crippen LogP contribution in [0.2, 0.25) is 10.0 Å². The lowest BCUT2D eigenvalue weighted by Gasteiger charge is -2.25. The summed E-state index contributed by atoms with van der Waals surface area (Å²) in [5.41, 5.74) is 0.704. The molecule has 0 spiro atoms. The molecule has 0 aliphatic carbocycles. The Balaban J connectivity index is 1.85. The molecule has 2 aromatic carbocycles. The van der Waals surface area contributed by atoms with Gasteiger partial charge in [0.1, 0.15) is 10.4 Å². The minimum atomic E-state index is -3.92. The minimum absolute atomic E-state index is 0.0213. The number of fused-ring (bicyclic) bond motifs is 1. The predicted molar refractivity (Wildman–Crippen MR) is 101 cm³/mol. The molecule has 0 amide bonds. The van der Waals surface area contributed by atoms with Crippen LogP contribution in [0.1, 0.15) is 0 Å². The van der Waals surface area contributed by atoms with E-state index < -0.39 is 9.84 Å². The van der Waals surface area contributed by atoms with Crippen LogP contribution in [0.5, 0.6) is 0 Å². The third kappa shape index (κ3) is 3.05. The van der Waals surface area contributed by atoms with Gasteiger partial charge < -0.3 is 14.6 Å². The molecular weight excluding hydrogens is 397 g/mol. The zero-order valence-corrected chi connectivity index (χ0v) is 15.9. The second kappa shape index (κ2) is 6.74. The fraction of sp³-hybridized carbons (Fsp3) is 0.235. The van der Waals surface area contributed by atoms with Crippen LogP contribution < -0.4 is 10.2 Å². The maximum atomic E-state index is 13.2. The quantitative estimate of drug-likeness (QED) is 0.711. The van der Waals surface area contributed by atoms with Gasteiger partial charge in [0.2, 0.25) is 9.84 Å². The Morgan fingerprint density at radius 2 is 1.85 bits per heavy atom. The predicted octanol–water partition coefficient (Wildman–Crippen LogP) is 3.38. The van der Waals surface area contributed by atoms with E-state index in [9.17, 15) is 8.42 Å². The average Bonchev–Trinajstić information content (AvgIpc) is 3.08. The molecule has 1 fully saturated rings. The molecule has 9 heteroatoms. The number of rotatable bonds is 3. The molecule has 136 valence electrons. The van der Waals surface area contributed by atoms with E-state index >= 15 is 0 Å². The molecule has 0 atom stereocenters. The smallest absolute Gasteiger partial charge is 0.298 e. The van der Waals surface area contributed by atoms with Crippen molar-refractivity contribution in [3.05, 3.63) is 46.4 Å². The zero-order valence-electron chi connectivity index (χ0n) is 13.6. The number of halogens is 2. The van der Waals surface area contributed by atoms with Crippen molar-refractivity contribution >= 4 is 50.2 Å². The summed E-state index contributed by atoms with van der Waals surface area (Å²) in [6, 6.07) is 9.61. The van der Waals surface area contributed by atoms with E-state index in [0.29, 0.717) is 16.6 Å². The molecule has 0 unspecified atom stereocenters. The largest absolute Gasteiger partial charge is 0.422 e. The summed E-state index contributed by atoms with van der Waals surface area (Å²) in [4.78, 5) is 6.40. The standard InChI is InChI=1S/C17H15Cl2N3O3S/c18-11-4-5-12(19)15(10-11)26(23,24)14-3-1-2-13-16(14)25-17(21-13)22-8-6-20-7-9-22/h1-5,10,20H,6-9H2. The molecule has 0 radical (unpaired) electrons. The minimum Gasteiger partial charge on any atom is -0.422 e. The molecule has 1 saturated heterocycles. The third-order valence-electron chi connectivity index (χ3n) is 4.23. The molecular formula is C17H15Cl2N3O3S. The van der Waals surface area contributed by atoms with Gasteiger partial charge in [0.15, 0.2) is 5.58 Å². The van der Waals surface area contributed by atoms with E-state index in [1.807, 2.05) is 4.90 Å². The van der Waals surface area contributed by atoms with Crippen molar-refractivity contribution < 1.29 is 12.8 Å². The molecule has 2 heterocycles. The molecule has 1 aliphatic heterocycles. The number of nitrogens with one attached hydrogen (secondary N) is 1. The van der Waals surface area contributed by atoms with Crippen molar-refractivity contribution in [2.45, 2.75) is 9.79 Å². The number of aromatic nitrogens is 1. The lowest BCUT2D eigenvalue weighted by Crippen LogP contribution is -2.43. The van der Waals surface area contributed by atoms with Crippen LogP contribution in [0.15, 0.2) is 50.6 Å². The van der Waals surface area contributed by atoms with Gasteiger partial charge in [-0.2, -0.15) is 4.98 Å². The molecule has 4 rings (SSSR count). The number of oxazole rings is 1. The van der Waals surface area contributed by atoms with Crippen molar-refractivity contribution in [3.8, 4) is 0 Å². The highest BCUT2D eigenvalue weighted by Gasteiger charge is 2.27. The number of benzene rings is 2. The van der Waals surface area contributed by atoms with Crippen LogP contribution in [0.4, 0.5) is 6.01 Å². The molecule has 3 aromatic rings. The number of anilines is 1. The number of hydrogen-bond donors (Lipinski definition) is 1. The molecule has 0 saturated carbocycles. The maximum absolute atomic E-state index is 13.2. The normalized spacial score (nSPS) is 15.5. The summed E-state index contributed by atoms with van der Waals surface area (Å²) in [6.07, 6.45) is 0. The SMILES string of the molecule is O=S(=O)(c1cc(Cl)ccc1Cl)c1cccc2nc(N3CCNCC3)oc12. The lowest BCUT2D eigenvalue weighted by molar-refractivity contribution is 0.514. The average molecular weight is 412 g/mol. The number of nitrogens with zero attached hydrogens (tertiary/aromatic N) is 2. The molecule has 1 aliphatic rings. The molecule has 1 aromatic heterocycles. The first-order valence-corrected chi connectivity index (χ1v) is 10.3. The van der Waals surface area contributed by atoms with Crippen molar-refractivity contribution in [1.29, 1.82) is 0 Å². The first-order chi connectivity index (χ1) is 12.5. The third-order valence-corrected chi connectivity index (χ3v) is 6.72. The highest BCUT2D eigenvalue weighted by Crippen LogP contribution is 2.35. The first-order valence-electron chi connectivity index (χ1n) is 8.02. The van der Waals surface area contributed by atoms with E-state index in [-0.39, 0.29) is 20.4 Å². The summed E-state index contributed by atoms with van der Waals surface area (Å²) in [5.74, 6) is 0. The number of para-hydroxylation sites is 1. The Bertz CT molecular complexity index is 1080. The van der Waals surface area contributed by atoms with Gasteiger partial charge in [0, 0.05) is 31.2 Å². The monoisotopic (exact) mass is 411 g/mol. The topological polar surface area (TPSA) is 75.4 Å². The number of hydrogen-bond acceptors (Lipinski definition) is 6. The van der Waals surface area contributed by atoms with Gasteiger partial charge in [-0.3, -0.25) is 0 Å². The summed E-state index contributed by atoms with van der Waals surface area (Å²) in [7, 11) is -3.92. The van der Waals surface area contributed by atoms with Crippen molar-refractivity contribution in [1.82, 2.24) is 10.3 Å². The van der Waals surface area contributed by atoms with E-state index in [1.54, 1.807) is 18.2 Å². The Labute approximate surface area is 160 Å². The Morgan fingerprint density at radius 3 is 2.62 bits per heavy atom. The number of sulfone groups is 1. The highest BCUT2D eigenvalue weighted by atomic mass is 35.5. The van der Waals surface area contributed by atoms with Crippen molar-refractivity contribution in [2.24, 2.45) is 0 Å². The Morgan fingerprint density at radius 1 is 1.08 bits per heavy atom. The lowest BCUT2D eigenvalue weighted by atomic mass is 10.3. The van der Waals surface area contributed by atoms with E-state index in [0.717, 1.165) is 26.2 Å². The fourth-order valence-electron chi connectivity index (χ4n) is 2.92. The summed E-state index contributed by atoms with van der Waals surface area (Å²) in [5, 5.41) is 3.65. The van der Waals surface area contributed by atoms with Crippen molar-refractivity contribution in [2.75, 3.05) is 31.1 Å². The van der Waals surface area contributed by atoms with E-state index in [2.05, 4.69) is 10.3 Å². The van der Waals surface area contributed by atoms with Crippen LogP contribution in [-0.2, 0) is 9.84 Å². The second-order valence-electron chi connectivity index (χ2n) is 5.92.